The first kappa shape index (κ1) is 20.7. The van der Waals surface area contributed by atoms with Gasteiger partial charge in [-0.15, -0.1) is 24.0 Å². The number of guanidine groups is 1. The van der Waals surface area contributed by atoms with Gasteiger partial charge in [-0.1, -0.05) is 19.1 Å². The Morgan fingerprint density at radius 1 is 1.42 bits per heavy atom. The number of hydrogen-bond acceptors (Lipinski definition) is 2. The van der Waals surface area contributed by atoms with Gasteiger partial charge in [-0.05, 0) is 36.5 Å². The Morgan fingerprint density at radius 3 is 2.96 bits per heavy atom. The number of imidazole rings is 1. The van der Waals surface area contributed by atoms with Crippen LogP contribution in [-0.4, -0.2) is 47.1 Å². The highest BCUT2D eigenvalue weighted by Gasteiger charge is 2.28. The van der Waals surface area contributed by atoms with Crippen molar-refractivity contribution in [2.45, 2.75) is 25.8 Å². The normalized spacial score (nSPS) is 20.6. The molecule has 3 rings (SSSR count). The van der Waals surface area contributed by atoms with Gasteiger partial charge in [0.2, 0.25) is 0 Å². The van der Waals surface area contributed by atoms with Crippen LogP contribution in [0.5, 0.6) is 0 Å². The number of rotatable bonds is 4. The lowest BCUT2D eigenvalue weighted by atomic mass is 9.93. The van der Waals surface area contributed by atoms with Crippen LogP contribution in [0.25, 0.3) is 0 Å². The minimum atomic E-state index is -0.185. The van der Waals surface area contributed by atoms with Crippen LogP contribution in [0.4, 0.5) is 4.39 Å². The third-order valence-electron chi connectivity index (χ3n) is 4.92. The molecule has 1 N–H and O–H groups in total. The molecule has 2 aromatic rings. The molecule has 0 bridgehead atoms. The fraction of sp³-hybridized carbons (Fsp3) is 0.474. The lowest BCUT2D eigenvalue weighted by Gasteiger charge is -2.39. The van der Waals surface area contributed by atoms with Gasteiger partial charge in [0.1, 0.15) is 5.82 Å². The largest absolute Gasteiger partial charge is 0.356 e. The molecule has 5 nitrogen and oxygen atoms in total. The molecule has 1 aliphatic heterocycles. The molecule has 0 spiro atoms. The Bertz CT molecular complexity index is 704. The second-order valence-corrected chi connectivity index (χ2v) is 6.64. The molecule has 0 radical (unpaired) electrons. The van der Waals surface area contributed by atoms with E-state index in [4.69, 9.17) is 0 Å². The van der Waals surface area contributed by atoms with Crippen molar-refractivity contribution < 1.29 is 4.39 Å². The summed E-state index contributed by atoms with van der Waals surface area (Å²) in [6.07, 6.45) is 7.65. The van der Waals surface area contributed by atoms with Crippen LogP contribution >= 0.6 is 24.0 Å². The summed E-state index contributed by atoms with van der Waals surface area (Å²) in [6.45, 7) is 4.93. The fourth-order valence-electron chi connectivity index (χ4n) is 3.44. The summed E-state index contributed by atoms with van der Waals surface area (Å²) in [5, 5.41) is 3.42. The zero-order chi connectivity index (χ0) is 17.6. The van der Waals surface area contributed by atoms with Crippen molar-refractivity contribution in [3.05, 3.63) is 54.4 Å². The lowest BCUT2D eigenvalue weighted by Crippen LogP contribution is -2.49. The van der Waals surface area contributed by atoms with Crippen LogP contribution in [-0.2, 0) is 6.42 Å². The van der Waals surface area contributed by atoms with Gasteiger partial charge >= 0.3 is 0 Å². The standard InChI is InChI=1S/C19H26FN5.HI/c1-15-7-10-24(13-18(15)25-11-9-22-14-25)19(21-2)23-8-6-16-4-3-5-17(20)12-16;/h3-5,9,11-12,14-15,18H,6-8,10,13H2,1-2H3,(H,21,23);1H. The first-order valence-electron chi connectivity index (χ1n) is 8.85. The summed E-state index contributed by atoms with van der Waals surface area (Å²) in [5.41, 5.74) is 0.992. The second kappa shape index (κ2) is 9.89. The zero-order valence-electron chi connectivity index (χ0n) is 15.3. The number of hydrogen-bond donors (Lipinski definition) is 1. The second-order valence-electron chi connectivity index (χ2n) is 6.64. The number of aliphatic imine (C=N–C) groups is 1. The molecule has 142 valence electrons. The van der Waals surface area contributed by atoms with Gasteiger partial charge in [-0.3, -0.25) is 4.99 Å². The van der Waals surface area contributed by atoms with Gasteiger partial charge in [-0.25, -0.2) is 9.37 Å². The van der Waals surface area contributed by atoms with E-state index in [1.807, 2.05) is 31.8 Å². The van der Waals surface area contributed by atoms with E-state index in [1.165, 1.54) is 6.07 Å². The molecule has 0 amide bonds. The van der Waals surface area contributed by atoms with Crippen molar-refractivity contribution in [3.63, 3.8) is 0 Å². The number of nitrogens with one attached hydrogen (secondary N) is 1. The predicted octanol–water partition coefficient (Wildman–Crippen LogP) is 3.34. The van der Waals surface area contributed by atoms with E-state index >= 15 is 0 Å². The van der Waals surface area contributed by atoms with E-state index < -0.39 is 0 Å². The lowest BCUT2D eigenvalue weighted by molar-refractivity contribution is 0.189. The SMILES string of the molecule is CN=C(NCCc1cccc(F)c1)N1CCC(C)C(n2ccnc2)C1.I. The maximum atomic E-state index is 13.3. The number of piperidine rings is 1. The Labute approximate surface area is 171 Å². The van der Waals surface area contributed by atoms with E-state index in [0.29, 0.717) is 12.0 Å². The molecule has 1 fully saturated rings. The summed E-state index contributed by atoms with van der Waals surface area (Å²) < 4.78 is 15.5. The van der Waals surface area contributed by atoms with Crippen LogP contribution in [0, 0.1) is 11.7 Å². The minimum absolute atomic E-state index is 0. The highest BCUT2D eigenvalue weighted by atomic mass is 127. The highest BCUT2D eigenvalue weighted by molar-refractivity contribution is 14.0. The molecule has 2 heterocycles. The number of aromatic nitrogens is 2. The first-order valence-corrected chi connectivity index (χ1v) is 8.85. The number of halogens is 2. The summed E-state index contributed by atoms with van der Waals surface area (Å²) in [7, 11) is 1.81. The van der Waals surface area contributed by atoms with E-state index in [1.54, 1.807) is 12.1 Å². The van der Waals surface area contributed by atoms with Gasteiger partial charge in [0.15, 0.2) is 5.96 Å². The van der Waals surface area contributed by atoms with Gasteiger partial charge in [0.25, 0.3) is 0 Å². The van der Waals surface area contributed by atoms with Crippen molar-refractivity contribution >= 4 is 29.9 Å². The van der Waals surface area contributed by atoms with E-state index in [0.717, 1.165) is 44.0 Å². The third kappa shape index (κ3) is 5.18. The maximum absolute atomic E-state index is 13.3. The number of likely N-dealkylation sites (tertiary alicyclic amines) is 1. The quantitative estimate of drug-likeness (QED) is 0.423. The van der Waals surface area contributed by atoms with E-state index in [2.05, 4.69) is 31.7 Å². The summed E-state index contributed by atoms with van der Waals surface area (Å²) in [5.74, 6) is 1.33. The molecule has 2 unspecified atom stereocenters. The van der Waals surface area contributed by atoms with Crippen molar-refractivity contribution in [2.24, 2.45) is 10.9 Å². The van der Waals surface area contributed by atoms with Gasteiger partial charge < -0.3 is 14.8 Å². The van der Waals surface area contributed by atoms with Gasteiger partial charge in [0.05, 0.1) is 12.4 Å². The van der Waals surface area contributed by atoms with E-state index in [9.17, 15) is 4.39 Å². The van der Waals surface area contributed by atoms with Crippen molar-refractivity contribution in [3.8, 4) is 0 Å². The van der Waals surface area contributed by atoms with E-state index in [-0.39, 0.29) is 29.8 Å². The van der Waals surface area contributed by atoms with Crippen LogP contribution in [0.15, 0.2) is 48.0 Å². The third-order valence-corrected chi connectivity index (χ3v) is 4.92. The van der Waals surface area contributed by atoms with Crippen LogP contribution in [0.2, 0.25) is 0 Å². The molecule has 1 aliphatic rings. The summed E-state index contributed by atoms with van der Waals surface area (Å²) in [4.78, 5) is 10.9. The summed E-state index contributed by atoms with van der Waals surface area (Å²) in [6, 6.07) is 7.16. The Balaban J connectivity index is 0.00000243. The maximum Gasteiger partial charge on any atom is 0.193 e. The molecule has 7 heteroatoms. The minimum Gasteiger partial charge on any atom is -0.356 e. The Morgan fingerprint density at radius 2 is 2.27 bits per heavy atom. The fourth-order valence-corrected chi connectivity index (χ4v) is 3.44. The molecule has 1 saturated heterocycles. The average Bonchev–Trinajstić information content (AvgIpc) is 3.14. The molecular weight excluding hydrogens is 444 g/mol. The molecule has 26 heavy (non-hydrogen) atoms. The molecule has 0 saturated carbocycles. The molecule has 1 aromatic carbocycles. The zero-order valence-corrected chi connectivity index (χ0v) is 17.6. The molecule has 1 aromatic heterocycles. The summed E-state index contributed by atoms with van der Waals surface area (Å²) >= 11 is 0. The molecular formula is C19H27FIN5. The predicted molar refractivity (Wildman–Crippen MR) is 113 cm³/mol. The Kier molecular flexibility index (Phi) is 7.86. The first-order chi connectivity index (χ1) is 12.2. The topological polar surface area (TPSA) is 45.5 Å². The van der Waals surface area contributed by atoms with Crippen LogP contribution in [0.3, 0.4) is 0 Å². The number of benzene rings is 1. The average molecular weight is 471 g/mol. The van der Waals surface area contributed by atoms with Crippen LogP contribution in [0.1, 0.15) is 24.9 Å². The van der Waals surface area contributed by atoms with Gasteiger partial charge in [0, 0.05) is 39.1 Å². The Hall–Kier alpha value is -1.64. The number of nitrogens with zero attached hydrogens (tertiary/aromatic N) is 4. The molecule has 0 aliphatic carbocycles. The van der Waals surface area contributed by atoms with Crippen molar-refractivity contribution in [1.82, 2.24) is 19.8 Å². The van der Waals surface area contributed by atoms with Gasteiger partial charge in [-0.2, -0.15) is 0 Å². The molecule has 2 atom stereocenters. The highest BCUT2D eigenvalue weighted by Crippen LogP contribution is 2.27. The van der Waals surface area contributed by atoms with Crippen molar-refractivity contribution in [1.29, 1.82) is 0 Å². The smallest absolute Gasteiger partial charge is 0.193 e. The monoisotopic (exact) mass is 471 g/mol. The van der Waals surface area contributed by atoms with Crippen molar-refractivity contribution in [2.75, 3.05) is 26.7 Å². The van der Waals surface area contributed by atoms with Crippen LogP contribution < -0.4 is 5.32 Å².